The van der Waals surface area contributed by atoms with Gasteiger partial charge >= 0.3 is 0 Å². The summed E-state index contributed by atoms with van der Waals surface area (Å²) in [6, 6.07) is 4.14. The molecule has 1 aromatic rings. The lowest BCUT2D eigenvalue weighted by Crippen LogP contribution is -2.35. The fourth-order valence-electron chi connectivity index (χ4n) is 2.43. The summed E-state index contributed by atoms with van der Waals surface area (Å²) in [6.07, 6.45) is 6.55. The van der Waals surface area contributed by atoms with Crippen molar-refractivity contribution in [3.8, 4) is 0 Å². The number of thioether (sulfide) groups is 1. The Balaban J connectivity index is 2.13. The van der Waals surface area contributed by atoms with Gasteiger partial charge in [0.1, 0.15) is 5.82 Å². The summed E-state index contributed by atoms with van der Waals surface area (Å²) in [5.74, 6) is -0.0485. The smallest absolute Gasteiger partial charge is 0.126 e. The molecule has 1 aliphatic heterocycles. The summed E-state index contributed by atoms with van der Waals surface area (Å²) in [5, 5.41) is 3.47. The van der Waals surface area contributed by atoms with Crippen molar-refractivity contribution in [2.45, 2.75) is 43.5 Å². The Morgan fingerprint density at radius 3 is 2.88 bits per heavy atom. The van der Waals surface area contributed by atoms with Gasteiger partial charge < -0.3 is 5.32 Å². The van der Waals surface area contributed by atoms with Crippen LogP contribution in [0.2, 0.25) is 0 Å². The molecule has 1 saturated heterocycles. The fourth-order valence-corrected chi connectivity index (χ4v) is 3.08. The molecule has 1 aliphatic rings. The highest BCUT2D eigenvalue weighted by Crippen LogP contribution is 2.25. The van der Waals surface area contributed by atoms with Crippen LogP contribution in [0.15, 0.2) is 17.0 Å². The minimum absolute atomic E-state index is 0.0485. The van der Waals surface area contributed by atoms with Crippen LogP contribution in [0, 0.1) is 12.7 Å². The molecule has 0 amide bonds. The van der Waals surface area contributed by atoms with E-state index in [1.807, 2.05) is 19.2 Å². The van der Waals surface area contributed by atoms with Crippen molar-refractivity contribution in [2.75, 3.05) is 12.8 Å². The molecule has 1 atom stereocenters. The van der Waals surface area contributed by atoms with E-state index in [1.165, 1.54) is 24.2 Å². The molecule has 1 aromatic carbocycles. The lowest BCUT2D eigenvalue weighted by Gasteiger charge is -2.24. The number of hydrogen-bond acceptors (Lipinski definition) is 2. The lowest BCUT2D eigenvalue weighted by molar-refractivity contribution is 0.395. The van der Waals surface area contributed by atoms with E-state index in [9.17, 15) is 4.39 Å². The van der Waals surface area contributed by atoms with Crippen LogP contribution in [0.3, 0.4) is 0 Å². The van der Waals surface area contributed by atoms with Gasteiger partial charge in [0.05, 0.1) is 0 Å². The highest BCUT2D eigenvalue weighted by atomic mass is 32.2. The zero-order valence-corrected chi connectivity index (χ0v) is 11.4. The Morgan fingerprint density at radius 1 is 1.41 bits per heavy atom. The molecule has 0 radical (unpaired) electrons. The zero-order chi connectivity index (χ0) is 12.3. The molecule has 0 aliphatic carbocycles. The van der Waals surface area contributed by atoms with Gasteiger partial charge in [-0.3, -0.25) is 0 Å². The van der Waals surface area contributed by atoms with Crippen LogP contribution in [-0.2, 0) is 6.42 Å². The third kappa shape index (κ3) is 3.23. The van der Waals surface area contributed by atoms with Crippen LogP contribution in [0.25, 0.3) is 0 Å². The molecule has 2 rings (SSSR count). The summed E-state index contributed by atoms with van der Waals surface area (Å²) < 4.78 is 13.9. The number of benzene rings is 1. The van der Waals surface area contributed by atoms with Crippen LogP contribution in [0.4, 0.5) is 4.39 Å². The van der Waals surface area contributed by atoms with E-state index >= 15 is 0 Å². The number of hydrogen-bond donors (Lipinski definition) is 1. The average Bonchev–Trinajstić information content (AvgIpc) is 2.34. The number of piperidine rings is 1. The Labute approximate surface area is 107 Å². The summed E-state index contributed by atoms with van der Waals surface area (Å²) in [6.45, 7) is 3.05. The van der Waals surface area contributed by atoms with Gasteiger partial charge in [0.15, 0.2) is 0 Å². The second kappa shape index (κ2) is 5.87. The molecule has 0 spiro atoms. The van der Waals surface area contributed by atoms with Crippen molar-refractivity contribution in [3.05, 3.63) is 29.1 Å². The van der Waals surface area contributed by atoms with Crippen molar-refractivity contribution >= 4 is 11.8 Å². The molecular weight excluding hydrogens is 233 g/mol. The highest BCUT2D eigenvalue weighted by Gasteiger charge is 2.16. The molecule has 1 fully saturated rings. The average molecular weight is 253 g/mol. The third-order valence-corrected chi connectivity index (χ3v) is 4.32. The molecule has 0 bridgehead atoms. The Bertz CT molecular complexity index is 386. The maximum atomic E-state index is 13.9. The summed E-state index contributed by atoms with van der Waals surface area (Å²) in [5.41, 5.74) is 1.90. The van der Waals surface area contributed by atoms with Crippen LogP contribution >= 0.6 is 11.8 Å². The maximum Gasteiger partial charge on any atom is 0.126 e. The van der Waals surface area contributed by atoms with Gasteiger partial charge in [-0.15, -0.1) is 11.8 Å². The van der Waals surface area contributed by atoms with Gasteiger partial charge in [0.25, 0.3) is 0 Å². The van der Waals surface area contributed by atoms with Gasteiger partial charge in [0.2, 0.25) is 0 Å². The van der Waals surface area contributed by atoms with Crippen LogP contribution in [0.1, 0.15) is 30.4 Å². The number of halogens is 1. The molecule has 1 N–H and O–H groups in total. The van der Waals surface area contributed by atoms with E-state index in [4.69, 9.17) is 0 Å². The summed E-state index contributed by atoms with van der Waals surface area (Å²) in [4.78, 5) is 1.19. The van der Waals surface area contributed by atoms with Crippen LogP contribution in [0.5, 0.6) is 0 Å². The number of aryl methyl sites for hydroxylation is 1. The number of nitrogens with one attached hydrogen (secondary N) is 1. The van der Waals surface area contributed by atoms with E-state index in [0.29, 0.717) is 6.04 Å². The number of rotatable bonds is 3. The first-order chi connectivity index (χ1) is 8.20. The minimum atomic E-state index is -0.0485. The van der Waals surface area contributed by atoms with Gasteiger partial charge in [0, 0.05) is 10.9 Å². The normalized spacial score (nSPS) is 20.5. The van der Waals surface area contributed by atoms with E-state index in [0.717, 1.165) is 24.1 Å². The van der Waals surface area contributed by atoms with E-state index < -0.39 is 0 Å². The van der Waals surface area contributed by atoms with Gasteiger partial charge in [-0.05, 0) is 62.2 Å². The maximum absolute atomic E-state index is 13.9. The molecule has 0 aromatic heterocycles. The highest BCUT2D eigenvalue weighted by molar-refractivity contribution is 7.98. The molecule has 94 valence electrons. The first-order valence-electron chi connectivity index (χ1n) is 6.27. The molecule has 17 heavy (non-hydrogen) atoms. The van der Waals surface area contributed by atoms with Gasteiger partial charge in [-0.25, -0.2) is 4.39 Å². The standard InChI is InChI=1S/C14H20FNS/c1-10-7-13(15)11(9-14(10)17-2)8-12-5-3-4-6-16-12/h7,9,12,16H,3-6,8H2,1-2H3. The monoisotopic (exact) mass is 253 g/mol. The molecule has 1 unspecified atom stereocenters. The third-order valence-electron chi connectivity index (χ3n) is 3.44. The predicted molar refractivity (Wildman–Crippen MR) is 72.3 cm³/mol. The first kappa shape index (κ1) is 12.9. The molecule has 1 heterocycles. The zero-order valence-electron chi connectivity index (χ0n) is 10.6. The van der Waals surface area contributed by atoms with E-state index in [-0.39, 0.29) is 5.82 Å². The first-order valence-corrected chi connectivity index (χ1v) is 7.49. The van der Waals surface area contributed by atoms with Crippen LogP contribution in [-0.4, -0.2) is 18.8 Å². The van der Waals surface area contributed by atoms with Crippen molar-refractivity contribution in [1.29, 1.82) is 0 Å². The Hall–Kier alpha value is -0.540. The van der Waals surface area contributed by atoms with Crippen molar-refractivity contribution in [1.82, 2.24) is 5.32 Å². The molecule has 0 saturated carbocycles. The predicted octanol–water partition coefficient (Wildman–Crippen LogP) is 3.54. The quantitative estimate of drug-likeness (QED) is 0.827. The van der Waals surface area contributed by atoms with Gasteiger partial charge in [-0.1, -0.05) is 6.42 Å². The fraction of sp³-hybridized carbons (Fsp3) is 0.571. The summed E-state index contributed by atoms with van der Waals surface area (Å²) in [7, 11) is 0. The second-order valence-corrected chi connectivity index (χ2v) is 5.61. The van der Waals surface area contributed by atoms with Crippen molar-refractivity contribution in [3.63, 3.8) is 0 Å². The minimum Gasteiger partial charge on any atom is -0.314 e. The van der Waals surface area contributed by atoms with Crippen molar-refractivity contribution < 1.29 is 4.39 Å². The SMILES string of the molecule is CSc1cc(CC2CCCCN2)c(F)cc1C. The van der Waals surface area contributed by atoms with E-state index in [1.54, 1.807) is 17.8 Å². The largest absolute Gasteiger partial charge is 0.314 e. The topological polar surface area (TPSA) is 12.0 Å². The molecule has 1 nitrogen and oxygen atoms in total. The Kier molecular flexibility index (Phi) is 4.46. The van der Waals surface area contributed by atoms with Crippen LogP contribution < -0.4 is 5.32 Å². The van der Waals surface area contributed by atoms with Crippen molar-refractivity contribution in [2.24, 2.45) is 0 Å². The lowest BCUT2D eigenvalue weighted by atomic mass is 9.97. The van der Waals surface area contributed by atoms with E-state index in [2.05, 4.69) is 5.32 Å². The van der Waals surface area contributed by atoms with Gasteiger partial charge in [-0.2, -0.15) is 0 Å². The Morgan fingerprint density at radius 2 is 2.24 bits per heavy atom. The summed E-state index contributed by atoms with van der Waals surface area (Å²) >= 11 is 1.69. The molecular formula is C14H20FNS. The second-order valence-electron chi connectivity index (χ2n) is 4.76. The molecule has 3 heteroatoms.